The van der Waals surface area contributed by atoms with E-state index in [0.717, 1.165) is 19.5 Å². The van der Waals surface area contributed by atoms with Crippen LogP contribution in [0.4, 0.5) is 0 Å². The summed E-state index contributed by atoms with van der Waals surface area (Å²) in [5.41, 5.74) is 0. The first kappa shape index (κ1) is 10.9. The van der Waals surface area contributed by atoms with E-state index >= 15 is 0 Å². The van der Waals surface area contributed by atoms with Crippen molar-refractivity contribution >= 4 is 17.7 Å². The maximum absolute atomic E-state index is 11.3. The van der Waals surface area contributed by atoms with E-state index in [1.165, 1.54) is 0 Å². The molecule has 0 aromatic rings. The molecule has 2 N–H and O–H groups in total. The minimum absolute atomic E-state index is 0.172. The standard InChI is InChI=1S/C9H18N2OS/c1-7-5-10-4-3-8(7)11-9(12)6-13-2/h7-8,10H,3-6H2,1-2H3,(H,11,12). The predicted molar refractivity (Wildman–Crippen MR) is 57.0 cm³/mol. The van der Waals surface area contributed by atoms with Crippen molar-refractivity contribution in [2.75, 3.05) is 25.1 Å². The smallest absolute Gasteiger partial charge is 0.230 e. The zero-order chi connectivity index (χ0) is 9.68. The van der Waals surface area contributed by atoms with E-state index in [0.29, 0.717) is 17.7 Å². The fourth-order valence-corrected chi connectivity index (χ4v) is 1.95. The van der Waals surface area contributed by atoms with E-state index in [-0.39, 0.29) is 5.91 Å². The second-order valence-electron chi connectivity index (χ2n) is 3.58. The molecular formula is C9H18N2OS. The van der Waals surface area contributed by atoms with Crippen LogP contribution in [0.15, 0.2) is 0 Å². The number of amides is 1. The summed E-state index contributed by atoms with van der Waals surface area (Å²) in [5.74, 6) is 1.31. The SMILES string of the molecule is CSCC(=O)NC1CCNCC1C. The summed E-state index contributed by atoms with van der Waals surface area (Å²) >= 11 is 1.57. The van der Waals surface area contributed by atoms with Gasteiger partial charge in [-0.25, -0.2) is 0 Å². The lowest BCUT2D eigenvalue weighted by Crippen LogP contribution is -2.48. The van der Waals surface area contributed by atoms with Gasteiger partial charge in [0.1, 0.15) is 0 Å². The Labute approximate surface area is 84.0 Å². The summed E-state index contributed by atoms with van der Waals surface area (Å²) in [6.07, 6.45) is 3.01. The van der Waals surface area contributed by atoms with Gasteiger partial charge in [0, 0.05) is 6.04 Å². The fraction of sp³-hybridized carbons (Fsp3) is 0.889. The molecule has 0 saturated carbocycles. The number of rotatable bonds is 3. The minimum atomic E-state index is 0.172. The average Bonchev–Trinajstić information content (AvgIpc) is 2.09. The van der Waals surface area contributed by atoms with Crippen molar-refractivity contribution in [2.24, 2.45) is 5.92 Å². The summed E-state index contributed by atoms with van der Waals surface area (Å²) in [5, 5.41) is 6.38. The monoisotopic (exact) mass is 202 g/mol. The van der Waals surface area contributed by atoms with Crippen LogP contribution in [-0.2, 0) is 4.79 Å². The molecule has 0 aliphatic carbocycles. The highest BCUT2D eigenvalue weighted by Crippen LogP contribution is 2.10. The molecule has 3 nitrogen and oxygen atoms in total. The van der Waals surface area contributed by atoms with E-state index < -0.39 is 0 Å². The molecule has 0 spiro atoms. The van der Waals surface area contributed by atoms with E-state index in [4.69, 9.17) is 0 Å². The molecular weight excluding hydrogens is 184 g/mol. The normalized spacial score (nSPS) is 28.5. The Morgan fingerprint density at radius 3 is 3.08 bits per heavy atom. The summed E-state index contributed by atoms with van der Waals surface area (Å²) in [4.78, 5) is 11.3. The van der Waals surface area contributed by atoms with Crippen molar-refractivity contribution in [2.45, 2.75) is 19.4 Å². The van der Waals surface area contributed by atoms with Crippen molar-refractivity contribution in [3.63, 3.8) is 0 Å². The lowest BCUT2D eigenvalue weighted by molar-refractivity contribution is -0.119. The predicted octanol–water partition coefficient (Wildman–Crippen LogP) is 0.464. The topological polar surface area (TPSA) is 41.1 Å². The van der Waals surface area contributed by atoms with Crippen LogP contribution in [0.25, 0.3) is 0 Å². The average molecular weight is 202 g/mol. The van der Waals surface area contributed by atoms with Crippen molar-refractivity contribution in [1.82, 2.24) is 10.6 Å². The largest absolute Gasteiger partial charge is 0.352 e. The number of carbonyl (C=O) groups excluding carboxylic acids is 1. The van der Waals surface area contributed by atoms with Gasteiger partial charge in [-0.3, -0.25) is 4.79 Å². The molecule has 1 fully saturated rings. The minimum Gasteiger partial charge on any atom is -0.352 e. The highest BCUT2D eigenvalue weighted by molar-refractivity contribution is 7.99. The molecule has 76 valence electrons. The van der Waals surface area contributed by atoms with Crippen LogP contribution in [-0.4, -0.2) is 37.0 Å². The van der Waals surface area contributed by atoms with Crippen molar-refractivity contribution in [3.05, 3.63) is 0 Å². The maximum atomic E-state index is 11.3. The van der Waals surface area contributed by atoms with Crippen LogP contribution in [0.1, 0.15) is 13.3 Å². The summed E-state index contributed by atoms with van der Waals surface area (Å²) < 4.78 is 0. The van der Waals surface area contributed by atoms with Crippen molar-refractivity contribution < 1.29 is 4.79 Å². The first-order chi connectivity index (χ1) is 6.24. The van der Waals surface area contributed by atoms with Gasteiger partial charge in [0.2, 0.25) is 5.91 Å². The highest BCUT2D eigenvalue weighted by Gasteiger charge is 2.21. The summed E-state index contributed by atoms with van der Waals surface area (Å²) in [6.45, 7) is 4.22. The zero-order valence-corrected chi connectivity index (χ0v) is 9.12. The fourth-order valence-electron chi connectivity index (χ4n) is 1.61. The lowest BCUT2D eigenvalue weighted by Gasteiger charge is -2.30. The molecule has 1 heterocycles. The Kier molecular flexibility index (Phi) is 4.59. The summed E-state index contributed by atoms with van der Waals surface area (Å²) in [6, 6.07) is 0.376. The molecule has 0 radical (unpaired) electrons. The van der Waals surface area contributed by atoms with Crippen LogP contribution >= 0.6 is 11.8 Å². The van der Waals surface area contributed by atoms with E-state index in [1.54, 1.807) is 11.8 Å². The third-order valence-electron chi connectivity index (χ3n) is 2.41. The lowest BCUT2D eigenvalue weighted by atomic mass is 9.95. The van der Waals surface area contributed by atoms with E-state index in [9.17, 15) is 4.79 Å². The molecule has 0 bridgehead atoms. The van der Waals surface area contributed by atoms with Crippen LogP contribution in [0.3, 0.4) is 0 Å². The van der Waals surface area contributed by atoms with Gasteiger partial charge in [0.15, 0.2) is 0 Å². The molecule has 2 atom stereocenters. The molecule has 0 aromatic carbocycles. The molecule has 4 heteroatoms. The second-order valence-corrected chi connectivity index (χ2v) is 4.44. The Hall–Kier alpha value is -0.220. The van der Waals surface area contributed by atoms with Crippen LogP contribution in [0, 0.1) is 5.92 Å². The highest BCUT2D eigenvalue weighted by atomic mass is 32.2. The Morgan fingerprint density at radius 2 is 2.46 bits per heavy atom. The number of nitrogens with one attached hydrogen (secondary N) is 2. The van der Waals surface area contributed by atoms with Gasteiger partial charge in [-0.1, -0.05) is 6.92 Å². The molecule has 1 aliphatic rings. The number of thioether (sulfide) groups is 1. The molecule has 2 unspecified atom stereocenters. The van der Waals surface area contributed by atoms with Gasteiger partial charge in [-0.05, 0) is 31.7 Å². The van der Waals surface area contributed by atoms with Gasteiger partial charge in [-0.2, -0.15) is 11.8 Å². The Bertz CT molecular complexity index is 175. The molecule has 13 heavy (non-hydrogen) atoms. The third-order valence-corrected chi connectivity index (χ3v) is 2.96. The molecule has 1 aliphatic heterocycles. The van der Waals surface area contributed by atoms with Crippen LogP contribution in [0.2, 0.25) is 0 Å². The van der Waals surface area contributed by atoms with Gasteiger partial charge < -0.3 is 10.6 Å². The van der Waals surface area contributed by atoms with Crippen molar-refractivity contribution in [3.8, 4) is 0 Å². The number of hydrogen-bond acceptors (Lipinski definition) is 3. The van der Waals surface area contributed by atoms with E-state index in [2.05, 4.69) is 17.6 Å². The van der Waals surface area contributed by atoms with Gasteiger partial charge in [0.25, 0.3) is 0 Å². The molecule has 0 aromatic heterocycles. The number of carbonyl (C=O) groups is 1. The van der Waals surface area contributed by atoms with Gasteiger partial charge in [0.05, 0.1) is 5.75 Å². The molecule has 1 saturated heterocycles. The summed E-state index contributed by atoms with van der Waals surface area (Å²) in [7, 11) is 0. The Morgan fingerprint density at radius 1 is 1.69 bits per heavy atom. The molecule has 1 amide bonds. The first-order valence-electron chi connectivity index (χ1n) is 4.73. The Balaban J connectivity index is 2.29. The quantitative estimate of drug-likeness (QED) is 0.699. The van der Waals surface area contributed by atoms with Crippen molar-refractivity contribution in [1.29, 1.82) is 0 Å². The maximum Gasteiger partial charge on any atom is 0.230 e. The van der Waals surface area contributed by atoms with Crippen LogP contribution < -0.4 is 10.6 Å². The van der Waals surface area contributed by atoms with Gasteiger partial charge in [-0.15, -0.1) is 0 Å². The van der Waals surface area contributed by atoms with E-state index in [1.807, 2.05) is 6.26 Å². The number of piperidine rings is 1. The zero-order valence-electron chi connectivity index (χ0n) is 8.30. The van der Waals surface area contributed by atoms with Crippen LogP contribution in [0.5, 0.6) is 0 Å². The third kappa shape index (κ3) is 3.56. The first-order valence-corrected chi connectivity index (χ1v) is 6.12. The second kappa shape index (κ2) is 5.50. The van der Waals surface area contributed by atoms with Gasteiger partial charge >= 0.3 is 0 Å². The molecule has 1 rings (SSSR count). The number of hydrogen-bond donors (Lipinski definition) is 2.